The van der Waals surface area contributed by atoms with Crippen LogP contribution in [0.25, 0.3) is 0 Å². The Bertz CT molecular complexity index is 997. The van der Waals surface area contributed by atoms with Gasteiger partial charge in [0.1, 0.15) is 11.0 Å². The predicted octanol–water partition coefficient (Wildman–Crippen LogP) is 3.95. The summed E-state index contributed by atoms with van der Waals surface area (Å²) in [6, 6.07) is 12.1. The minimum Gasteiger partial charge on any atom is -0.496 e. The van der Waals surface area contributed by atoms with Crippen LogP contribution in [-0.2, 0) is 9.59 Å². The van der Waals surface area contributed by atoms with Gasteiger partial charge in [0.2, 0.25) is 11.8 Å². The van der Waals surface area contributed by atoms with Gasteiger partial charge < -0.3 is 15.4 Å². The van der Waals surface area contributed by atoms with Gasteiger partial charge in [-0.15, -0.1) is 5.10 Å². The van der Waals surface area contributed by atoms with Crippen molar-refractivity contribution in [2.24, 2.45) is 10.2 Å². The largest absolute Gasteiger partial charge is 0.496 e. The van der Waals surface area contributed by atoms with Crippen LogP contribution in [0.5, 0.6) is 5.75 Å². The van der Waals surface area contributed by atoms with Gasteiger partial charge in [-0.1, -0.05) is 47.1 Å². The fourth-order valence-electron chi connectivity index (χ4n) is 2.46. The van der Waals surface area contributed by atoms with Crippen LogP contribution in [-0.4, -0.2) is 35.6 Å². The highest BCUT2D eigenvalue weighted by atomic mass is 35.5. The first-order valence-corrected chi connectivity index (χ1v) is 10.1. The molecule has 2 N–H and O–H groups in total. The number of amides is 2. The van der Waals surface area contributed by atoms with Crippen LogP contribution in [0.4, 0.5) is 5.69 Å². The molecule has 29 heavy (non-hydrogen) atoms. The van der Waals surface area contributed by atoms with E-state index in [-0.39, 0.29) is 18.2 Å². The van der Waals surface area contributed by atoms with Crippen LogP contribution in [0.3, 0.4) is 0 Å². The molecule has 1 heterocycles. The summed E-state index contributed by atoms with van der Waals surface area (Å²) in [6.45, 7) is 0. The fourth-order valence-corrected chi connectivity index (χ4v) is 3.68. The second kappa shape index (κ2) is 9.78. The van der Waals surface area contributed by atoms with Crippen LogP contribution in [0.15, 0.2) is 52.7 Å². The molecule has 7 nitrogen and oxygen atoms in total. The Kier molecular flexibility index (Phi) is 7.13. The second-order valence-corrected chi connectivity index (χ2v) is 7.87. The normalized spacial score (nSPS) is 17.6. The Morgan fingerprint density at radius 2 is 2.07 bits per heavy atom. The van der Waals surface area contributed by atoms with Crippen molar-refractivity contribution in [1.29, 1.82) is 0 Å². The summed E-state index contributed by atoms with van der Waals surface area (Å²) in [6.07, 6.45) is 1.51. The minimum atomic E-state index is -0.599. The van der Waals surface area contributed by atoms with Gasteiger partial charge in [-0.05, 0) is 30.3 Å². The first-order chi connectivity index (χ1) is 14.0. The first kappa shape index (κ1) is 21.2. The molecule has 0 bridgehead atoms. The monoisotopic (exact) mass is 450 g/mol. The number of nitrogens with zero attached hydrogens (tertiary/aromatic N) is 2. The summed E-state index contributed by atoms with van der Waals surface area (Å²) in [5.41, 5.74) is 1.26. The summed E-state index contributed by atoms with van der Waals surface area (Å²) in [4.78, 5) is 24.3. The van der Waals surface area contributed by atoms with E-state index in [0.29, 0.717) is 26.6 Å². The van der Waals surface area contributed by atoms with Crippen molar-refractivity contribution in [2.75, 3.05) is 12.4 Å². The van der Waals surface area contributed by atoms with Crippen LogP contribution in [0, 0.1) is 0 Å². The molecule has 0 saturated carbocycles. The Balaban J connectivity index is 1.58. The van der Waals surface area contributed by atoms with E-state index in [2.05, 4.69) is 20.8 Å². The van der Waals surface area contributed by atoms with Crippen molar-refractivity contribution in [1.82, 2.24) is 5.32 Å². The Hall–Kier alpha value is -2.55. The zero-order chi connectivity index (χ0) is 20.8. The van der Waals surface area contributed by atoms with Gasteiger partial charge in [-0.3, -0.25) is 9.59 Å². The van der Waals surface area contributed by atoms with Crippen molar-refractivity contribution in [3.05, 3.63) is 58.1 Å². The van der Waals surface area contributed by atoms with Gasteiger partial charge in [0.25, 0.3) is 0 Å². The summed E-state index contributed by atoms with van der Waals surface area (Å²) in [5, 5.41) is 13.8. The second-order valence-electron chi connectivity index (χ2n) is 5.87. The minimum absolute atomic E-state index is 0.0218. The maximum atomic E-state index is 12.2. The molecule has 1 atom stereocenters. The van der Waals surface area contributed by atoms with Gasteiger partial charge in [0.05, 0.1) is 23.4 Å². The number of ether oxygens (including phenoxy) is 1. The van der Waals surface area contributed by atoms with Gasteiger partial charge >= 0.3 is 0 Å². The summed E-state index contributed by atoms with van der Waals surface area (Å²) in [7, 11) is 1.57. The van der Waals surface area contributed by atoms with E-state index in [0.717, 1.165) is 17.3 Å². The molecule has 0 radical (unpaired) electrons. The zero-order valence-electron chi connectivity index (χ0n) is 15.2. The molecule has 0 aliphatic carbocycles. The highest BCUT2D eigenvalue weighted by Crippen LogP contribution is 2.26. The molecule has 2 amide bonds. The van der Waals surface area contributed by atoms with Crippen LogP contribution >= 0.6 is 35.0 Å². The lowest BCUT2D eigenvalue weighted by molar-refractivity contribution is -0.122. The molecule has 1 saturated heterocycles. The Morgan fingerprint density at radius 3 is 2.83 bits per heavy atom. The number of hydrogen-bond acceptors (Lipinski definition) is 6. The third-order valence-corrected chi connectivity index (χ3v) is 5.65. The molecule has 2 aromatic rings. The van der Waals surface area contributed by atoms with Crippen LogP contribution < -0.4 is 15.4 Å². The van der Waals surface area contributed by atoms with Crippen molar-refractivity contribution in [3.8, 4) is 5.75 Å². The Morgan fingerprint density at radius 1 is 1.28 bits per heavy atom. The lowest BCUT2D eigenvalue weighted by atomic mass is 10.2. The van der Waals surface area contributed by atoms with E-state index in [1.807, 2.05) is 24.3 Å². The number of carbonyl (C=O) groups is 2. The van der Waals surface area contributed by atoms with E-state index in [1.165, 1.54) is 6.21 Å². The smallest absolute Gasteiger partial charge is 0.240 e. The average molecular weight is 451 g/mol. The molecule has 0 unspecified atom stereocenters. The standard InChI is InChI=1S/C19H16Cl2N4O3S/c1-28-15-5-3-2-4-11(15)10-22-25-19-24-18(27)16(29-19)9-17(26)23-12-6-7-13(20)14(21)8-12/h2-8,10,16H,9H2,1H3,(H,23,26)(H,24,25,27)/b22-10-/t16-/m1/s1. The van der Waals surface area contributed by atoms with E-state index in [1.54, 1.807) is 25.3 Å². The number of para-hydroxylation sites is 1. The molecule has 0 spiro atoms. The van der Waals surface area contributed by atoms with Crippen molar-refractivity contribution >= 4 is 63.8 Å². The highest BCUT2D eigenvalue weighted by molar-refractivity contribution is 8.15. The molecule has 1 aliphatic heterocycles. The molecule has 10 heteroatoms. The average Bonchev–Trinajstić information content (AvgIpc) is 3.04. The molecule has 150 valence electrons. The van der Waals surface area contributed by atoms with Gasteiger partial charge in [0.15, 0.2) is 5.17 Å². The lowest BCUT2D eigenvalue weighted by Crippen LogP contribution is -2.28. The number of halogens is 2. The fraction of sp³-hybridized carbons (Fsp3) is 0.158. The van der Waals surface area contributed by atoms with Crippen LogP contribution in [0.2, 0.25) is 10.0 Å². The predicted molar refractivity (Wildman–Crippen MR) is 117 cm³/mol. The lowest BCUT2D eigenvalue weighted by Gasteiger charge is -2.08. The van der Waals surface area contributed by atoms with Crippen molar-refractivity contribution in [2.45, 2.75) is 11.7 Å². The quantitative estimate of drug-likeness (QED) is 0.514. The van der Waals surface area contributed by atoms with E-state index in [4.69, 9.17) is 27.9 Å². The van der Waals surface area contributed by atoms with E-state index >= 15 is 0 Å². The number of thioether (sulfide) groups is 1. The van der Waals surface area contributed by atoms with Crippen molar-refractivity contribution < 1.29 is 14.3 Å². The third-order valence-electron chi connectivity index (χ3n) is 3.83. The number of nitrogens with one attached hydrogen (secondary N) is 2. The molecule has 1 fully saturated rings. The van der Waals surface area contributed by atoms with Crippen molar-refractivity contribution in [3.63, 3.8) is 0 Å². The number of amidine groups is 1. The maximum Gasteiger partial charge on any atom is 0.240 e. The summed E-state index contributed by atoms with van der Waals surface area (Å²) in [5.74, 6) is 0.0387. The highest BCUT2D eigenvalue weighted by Gasteiger charge is 2.32. The number of carbonyl (C=O) groups excluding carboxylic acids is 2. The van der Waals surface area contributed by atoms with Gasteiger partial charge in [-0.2, -0.15) is 5.10 Å². The number of methoxy groups -OCH3 is 1. The number of benzene rings is 2. The molecular formula is C19H16Cl2N4O3S. The van der Waals surface area contributed by atoms with Gasteiger partial charge in [0, 0.05) is 17.7 Å². The molecule has 2 aromatic carbocycles. The SMILES string of the molecule is COc1ccccc1/C=N\N=C1/NC(=O)[C@@H](CC(=O)Nc2ccc(Cl)c(Cl)c2)S1. The topological polar surface area (TPSA) is 92.2 Å². The van der Waals surface area contributed by atoms with E-state index in [9.17, 15) is 9.59 Å². The number of hydrogen-bond donors (Lipinski definition) is 2. The Labute approximate surface area is 181 Å². The number of rotatable bonds is 6. The third kappa shape index (κ3) is 5.72. The number of anilines is 1. The summed E-state index contributed by atoms with van der Waals surface area (Å²) < 4.78 is 5.23. The maximum absolute atomic E-state index is 12.2. The zero-order valence-corrected chi connectivity index (χ0v) is 17.5. The molecule has 1 aliphatic rings. The first-order valence-electron chi connectivity index (χ1n) is 8.42. The van der Waals surface area contributed by atoms with E-state index < -0.39 is 5.25 Å². The van der Waals surface area contributed by atoms with Crippen LogP contribution in [0.1, 0.15) is 12.0 Å². The molecular weight excluding hydrogens is 435 g/mol. The summed E-state index contributed by atoms with van der Waals surface area (Å²) >= 11 is 12.9. The van der Waals surface area contributed by atoms with Gasteiger partial charge in [-0.25, -0.2) is 0 Å². The molecule has 0 aromatic heterocycles. The molecule has 3 rings (SSSR count).